The number of carboxylic acids is 1. The standard InChI is InChI=1S/C20H30N2O2/c1-2-3-7-18(20(23)24)15-9-12-22(13-10-15)14-17-6-4-5-16-8-11-21-19(16)17/h4-6,15,18,21H,2-3,7-14H2,1H3,(H,23,24). The molecule has 132 valence electrons. The van der Waals surface area contributed by atoms with Gasteiger partial charge < -0.3 is 10.4 Å². The normalized spacial score (nSPS) is 19.7. The van der Waals surface area contributed by atoms with Crippen LogP contribution >= 0.6 is 0 Å². The summed E-state index contributed by atoms with van der Waals surface area (Å²) < 4.78 is 0. The monoisotopic (exact) mass is 330 g/mol. The molecule has 0 bridgehead atoms. The second-order valence-electron chi connectivity index (χ2n) is 7.33. The summed E-state index contributed by atoms with van der Waals surface area (Å²) in [6, 6.07) is 6.61. The fraction of sp³-hybridized carbons (Fsp3) is 0.650. The number of rotatable bonds is 7. The summed E-state index contributed by atoms with van der Waals surface area (Å²) in [4.78, 5) is 14.1. The average molecular weight is 330 g/mol. The Morgan fingerprint density at radius 1 is 1.38 bits per heavy atom. The Kier molecular flexibility index (Phi) is 5.77. The minimum absolute atomic E-state index is 0.144. The summed E-state index contributed by atoms with van der Waals surface area (Å²) >= 11 is 0. The van der Waals surface area contributed by atoms with Crippen molar-refractivity contribution >= 4 is 11.7 Å². The molecule has 0 amide bonds. The molecule has 1 unspecified atom stereocenters. The predicted octanol–water partition coefficient (Wildman–Crippen LogP) is 3.76. The number of fused-ring (bicyclic) bond motifs is 1. The van der Waals surface area contributed by atoms with Crippen LogP contribution in [0, 0.1) is 11.8 Å². The Morgan fingerprint density at radius 3 is 2.88 bits per heavy atom. The average Bonchev–Trinajstić information content (AvgIpc) is 3.06. The second-order valence-corrected chi connectivity index (χ2v) is 7.33. The van der Waals surface area contributed by atoms with E-state index in [1.807, 2.05) is 0 Å². The maximum atomic E-state index is 11.6. The molecule has 1 aromatic rings. The fourth-order valence-electron chi connectivity index (χ4n) is 4.28. The highest BCUT2D eigenvalue weighted by molar-refractivity contribution is 5.70. The third kappa shape index (κ3) is 3.92. The molecule has 1 aromatic carbocycles. The van der Waals surface area contributed by atoms with E-state index in [2.05, 4.69) is 35.3 Å². The van der Waals surface area contributed by atoms with Crippen molar-refractivity contribution in [1.82, 2.24) is 4.90 Å². The molecule has 0 saturated carbocycles. The Labute approximate surface area is 145 Å². The van der Waals surface area contributed by atoms with Gasteiger partial charge in [0.1, 0.15) is 0 Å². The number of nitrogens with zero attached hydrogens (tertiary/aromatic N) is 1. The number of carboxylic acid groups (broad SMARTS) is 1. The predicted molar refractivity (Wildman–Crippen MR) is 97.3 cm³/mol. The largest absolute Gasteiger partial charge is 0.481 e. The van der Waals surface area contributed by atoms with Gasteiger partial charge in [0.2, 0.25) is 0 Å². The van der Waals surface area contributed by atoms with Crippen molar-refractivity contribution in [1.29, 1.82) is 0 Å². The molecule has 2 aliphatic heterocycles. The lowest BCUT2D eigenvalue weighted by molar-refractivity contribution is -0.144. The zero-order valence-electron chi connectivity index (χ0n) is 14.8. The number of hydrogen-bond donors (Lipinski definition) is 2. The van der Waals surface area contributed by atoms with Crippen LogP contribution in [0.25, 0.3) is 0 Å². The highest BCUT2D eigenvalue weighted by atomic mass is 16.4. The van der Waals surface area contributed by atoms with Gasteiger partial charge in [-0.2, -0.15) is 0 Å². The molecule has 4 nitrogen and oxygen atoms in total. The number of anilines is 1. The van der Waals surface area contributed by atoms with Crippen molar-refractivity contribution in [2.24, 2.45) is 11.8 Å². The number of piperidine rings is 1. The van der Waals surface area contributed by atoms with Gasteiger partial charge >= 0.3 is 5.97 Å². The van der Waals surface area contributed by atoms with Crippen molar-refractivity contribution in [3.8, 4) is 0 Å². The van der Waals surface area contributed by atoms with Crippen LogP contribution < -0.4 is 5.32 Å². The SMILES string of the molecule is CCCCC(C(=O)O)C1CCN(Cc2cccc3c2NCC3)CC1. The maximum Gasteiger partial charge on any atom is 0.306 e. The van der Waals surface area contributed by atoms with Gasteiger partial charge in [-0.15, -0.1) is 0 Å². The van der Waals surface area contributed by atoms with E-state index in [0.717, 1.165) is 64.7 Å². The highest BCUT2D eigenvalue weighted by Crippen LogP contribution is 2.32. The third-order valence-electron chi connectivity index (χ3n) is 5.71. The van der Waals surface area contributed by atoms with Gasteiger partial charge in [-0.25, -0.2) is 0 Å². The summed E-state index contributed by atoms with van der Waals surface area (Å²) in [5.74, 6) is -0.383. The molecule has 24 heavy (non-hydrogen) atoms. The van der Waals surface area contributed by atoms with Crippen LogP contribution in [0.2, 0.25) is 0 Å². The first-order valence-electron chi connectivity index (χ1n) is 9.48. The van der Waals surface area contributed by atoms with Gasteiger partial charge in [-0.1, -0.05) is 38.0 Å². The molecule has 1 saturated heterocycles. The minimum Gasteiger partial charge on any atom is -0.481 e. The molecule has 0 spiro atoms. The topological polar surface area (TPSA) is 52.6 Å². The molecule has 4 heteroatoms. The van der Waals surface area contributed by atoms with E-state index in [-0.39, 0.29) is 5.92 Å². The van der Waals surface area contributed by atoms with Crippen LogP contribution in [0.15, 0.2) is 18.2 Å². The summed E-state index contributed by atoms with van der Waals surface area (Å²) in [6.45, 7) is 6.20. The molecule has 2 N–H and O–H groups in total. The lowest BCUT2D eigenvalue weighted by atomic mass is 9.81. The fourth-order valence-corrected chi connectivity index (χ4v) is 4.28. The number of benzene rings is 1. The molecule has 0 aromatic heterocycles. The summed E-state index contributed by atoms with van der Waals surface area (Å²) in [6.07, 6.45) is 6.11. The van der Waals surface area contributed by atoms with E-state index in [4.69, 9.17) is 0 Å². The molecular weight excluding hydrogens is 300 g/mol. The summed E-state index contributed by atoms with van der Waals surface area (Å²) in [5, 5.41) is 13.1. The quantitative estimate of drug-likeness (QED) is 0.799. The number of unbranched alkanes of at least 4 members (excludes halogenated alkanes) is 1. The van der Waals surface area contributed by atoms with E-state index in [0.29, 0.717) is 5.92 Å². The highest BCUT2D eigenvalue weighted by Gasteiger charge is 2.31. The lowest BCUT2D eigenvalue weighted by Crippen LogP contribution is -2.37. The van der Waals surface area contributed by atoms with Gasteiger partial charge in [0, 0.05) is 18.8 Å². The smallest absolute Gasteiger partial charge is 0.306 e. The second kappa shape index (κ2) is 8.02. The number of likely N-dealkylation sites (tertiary alicyclic amines) is 1. The Morgan fingerprint density at radius 2 is 2.17 bits per heavy atom. The first-order chi connectivity index (χ1) is 11.7. The number of aliphatic carboxylic acids is 1. The Hall–Kier alpha value is -1.55. The van der Waals surface area contributed by atoms with Gasteiger partial charge in [-0.05, 0) is 55.8 Å². The molecule has 1 fully saturated rings. The van der Waals surface area contributed by atoms with Crippen LogP contribution in [0.4, 0.5) is 5.69 Å². The van der Waals surface area contributed by atoms with Gasteiger partial charge in [0.25, 0.3) is 0 Å². The summed E-state index contributed by atoms with van der Waals surface area (Å²) in [7, 11) is 0. The maximum absolute atomic E-state index is 11.6. The Balaban J connectivity index is 1.55. The minimum atomic E-state index is -0.591. The molecule has 2 aliphatic rings. The molecular formula is C20H30N2O2. The van der Waals surface area contributed by atoms with Gasteiger partial charge in [-0.3, -0.25) is 9.69 Å². The molecule has 0 aliphatic carbocycles. The van der Waals surface area contributed by atoms with Crippen molar-refractivity contribution in [2.75, 3.05) is 25.0 Å². The van der Waals surface area contributed by atoms with Crippen LogP contribution in [-0.4, -0.2) is 35.6 Å². The first kappa shape index (κ1) is 17.3. The zero-order chi connectivity index (χ0) is 16.9. The molecule has 0 radical (unpaired) electrons. The van der Waals surface area contributed by atoms with E-state index < -0.39 is 5.97 Å². The van der Waals surface area contributed by atoms with E-state index in [1.54, 1.807) is 0 Å². The number of para-hydroxylation sites is 1. The number of carbonyl (C=O) groups is 1. The number of nitrogens with one attached hydrogen (secondary N) is 1. The van der Waals surface area contributed by atoms with Crippen molar-refractivity contribution in [3.63, 3.8) is 0 Å². The van der Waals surface area contributed by atoms with E-state index in [1.165, 1.54) is 16.8 Å². The summed E-state index contributed by atoms with van der Waals surface area (Å²) in [5.41, 5.74) is 4.17. The van der Waals surface area contributed by atoms with Gasteiger partial charge in [0.05, 0.1) is 5.92 Å². The first-order valence-corrected chi connectivity index (χ1v) is 9.48. The third-order valence-corrected chi connectivity index (χ3v) is 5.71. The van der Waals surface area contributed by atoms with Crippen LogP contribution in [0.3, 0.4) is 0 Å². The van der Waals surface area contributed by atoms with Crippen molar-refractivity contribution in [2.45, 2.75) is 52.0 Å². The number of hydrogen-bond acceptors (Lipinski definition) is 3. The van der Waals surface area contributed by atoms with Crippen LogP contribution in [-0.2, 0) is 17.8 Å². The van der Waals surface area contributed by atoms with E-state index in [9.17, 15) is 9.90 Å². The lowest BCUT2D eigenvalue weighted by Gasteiger charge is -2.35. The zero-order valence-corrected chi connectivity index (χ0v) is 14.8. The van der Waals surface area contributed by atoms with Gasteiger partial charge in [0.15, 0.2) is 0 Å². The Bertz CT molecular complexity index is 565. The van der Waals surface area contributed by atoms with Crippen molar-refractivity contribution < 1.29 is 9.90 Å². The van der Waals surface area contributed by atoms with E-state index >= 15 is 0 Å². The van der Waals surface area contributed by atoms with Crippen LogP contribution in [0.1, 0.15) is 50.2 Å². The molecule has 3 rings (SSSR count). The molecule has 2 heterocycles. The van der Waals surface area contributed by atoms with Crippen molar-refractivity contribution in [3.05, 3.63) is 29.3 Å². The molecule has 1 atom stereocenters. The van der Waals surface area contributed by atoms with Crippen LogP contribution in [0.5, 0.6) is 0 Å².